The zero-order valence-electron chi connectivity index (χ0n) is 6.82. The molecule has 0 saturated heterocycles. The Morgan fingerprint density at radius 3 is 2.10 bits per heavy atom. The van der Waals surface area contributed by atoms with Gasteiger partial charge in [-0.25, -0.2) is 0 Å². The third-order valence-electron chi connectivity index (χ3n) is 2.02. The molecule has 0 aromatic heterocycles. The van der Waals surface area contributed by atoms with Gasteiger partial charge in [-0.1, -0.05) is 0 Å². The lowest BCUT2D eigenvalue weighted by Gasteiger charge is -2.35. The molecule has 0 bridgehead atoms. The topological polar surface area (TPSA) is 26.3 Å². The number of allylic oxidation sites excluding steroid dienone is 2. The van der Waals surface area contributed by atoms with Crippen LogP contribution in [0, 0.1) is 5.41 Å². The number of ether oxygens (including phenoxy) is 1. The van der Waals surface area contributed by atoms with Crippen molar-refractivity contribution < 1.29 is 9.53 Å². The van der Waals surface area contributed by atoms with Crippen LogP contribution in [0.4, 0.5) is 0 Å². The zero-order valence-corrected chi connectivity index (χ0v) is 6.82. The number of carbonyl (C=O) groups excluding carboxylic acids is 1. The Bertz CT molecular complexity index is 211. The highest BCUT2D eigenvalue weighted by Gasteiger charge is 2.45. The smallest absolute Gasteiger partial charge is 0.175 e. The number of ketones is 1. The molecule has 0 spiro atoms. The van der Waals surface area contributed by atoms with Crippen LogP contribution in [0.25, 0.3) is 0 Å². The Kier molecular flexibility index (Phi) is 1.35. The molecule has 0 atom stereocenters. The van der Waals surface area contributed by atoms with Crippen molar-refractivity contribution in [2.24, 2.45) is 5.41 Å². The molecule has 0 amide bonds. The van der Waals surface area contributed by atoms with E-state index in [4.69, 9.17) is 4.74 Å². The average molecular weight is 140 g/mol. The summed E-state index contributed by atoms with van der Waals surface area (Å²) in [6, 6.07) is 0. The first-order valence-electron chi connectivity index (χ1n) is 3.32. The normalized spacial score (nSPS) is 22.6. The van der Waals surface area contributed by atoms with Gasteiger partial charge in [-0.15, -0.1) is 0 Å². The van der Waals surface area contributed by atoms with E-state index in [0.29, 0.717) is 0 Å². The van der Waals surface area contributed by atoms with Gasteiger partial charge in [-0.05, 0) is 20.8 Å². The fourth-order valence-electron chi connectivity index (χ4n) is 1.49. The van der Waals surface area contributed by atoms with Crippen LogP contribution >= 0.6 is 0 Å². The summed E-state index contributed by atoms with van der Waals surface area (Å²) in [6.07, 6.45) is 0. The molecular formula is C8H12O2. The minimum absolute atomic E-state index is 0.198. The average Bonchev–Trinajstić information content (AvgIpc) is 1.88. The molecule has 0 N–H and O–H groups in total. The van der Waals surface area contributed by atoms with E-state index < -0.39 is 0 Å². The number of hydrogen-bond acceptors (Lipinski definition) is 2. The van der Waals surface area contributed by atoms with Gasteiger partial charge in [0.1, 0.15) is 5.76 Å². The molecule has 0 heterocycles. The van der Waals surface area contributed by atoms with E-state index in [1.54, 1.807) is 14.0 Å². The second-order valence-electron chi connectivity index (χ2n) is 3.11. The first-order valence-corrected chi connectivity index (χ1v) is 3.32. The Balaban J connectivity index is 3.01. The number of methoxy groups -OCH3 is 1. The van der Waals surface area contributed by atoms with Gasteiger partial charge in [0.05, 0.1) is 12.5 Å². The minimum Gasteiger partial charge on any atom is -0.500 e. The van der Waals surface area contributed by atoms with Gasteiger partial charge in [-0.2, -0.15) is 0 Å². The van der Waals surface area contributed by atoms with Gasteiger partial charge >= 0.3 is 0 Å². The molecule has 0 aromatic rings. The second kappa shape index (κ2) is 1.84. The van der Waals surface area contributed by atoms with Crippen molar-refractivity contribution in [2.45, 2.75) is 20.8 Å². The largest absolute Gasteiger partial charge is 0.500 e. The lowest BCUT2D eigenvalue weighted by molar-refractivity contribution is -0.127. The van der Waals surface area contributed by atoms with E-state index in [2.05, 4.69) is 0 Å². The number of hydrogen-bond donors (Lipinski definition) is 0. The first-order chi connectivity index (χ1) is 4.51. The molecule has 2 nitrogen and oxygen atoms in total. The standard InChI is InChI=1S/C8H12O2/c1-5-6(9)8(2,3)7(5)10-4/h1-4H3. The Morgan fingerprint density at radius 1 is 1.40 bits per heavy atom. The van der Waals surface area contributed by atoms with E-state index in [0.717, 1.165) is 11.3 Å². The summed E-state index contributed by atoms with van der Waals surface area (Å²) in [5.74, 6) is 1.03. The predicted molar refractivity (Wildman–Crippen MR) is 38.5 cm³/mol. The van der Waals surface area contributed by atoms with Crippen LogP contribution in [0.1, 0.15) is 20.8 Å². The van der Waals surface area contributed by atoms with Gasteiger partial charge in [0.15, 0.2) is 5.78 Å². The Hall–Kier alpha value is -0.790. The lowest BCUT2D eigenvalue weighted by Crippen LogP contribution is -2.39. The molecule has 0 unspecified atom stereocenters. The summed E-state index contributed by atoms with van der Waals surface area (Å²) in [6.45, 7) is 5.55. The van der Waals surface area contributed by atoms with Crippen molar-refractivity contribution in [1.29, 1.82) is 0 Å². The van der Waals surface area contributed by atoms with Crippen LogP contribution in [-0.2, 0) is 9.53 Å². The van der Waals surface area contributed by atoms with E-state index in [9.17, 15) is 4.79 Å². The van der Waals surface area contributed by atoms with Gasteiger partial charge in [0, 0.05) is 5.57 Å². The van der Waals surface area contributed by atoms with Gasteiger partial charge in [0.2, 0.25) is 0 Å². The molecule has 56 valence electrons. The van der Waals surface area contributed by atoms with Crippen molar-refractivity contribution in [3.8, 4) is 0 Å². The second-order valence-corrected chi connectivity index (χ2v) is 3.11. The van der Waals surface area contributed by atoms with Crippen molar-refractivity contribution in [2.75, 3.05) is 7.11 Å². The van der Waals surface area contributed by atoms with Crippen molar-refractivity contribution in [3.05, 3.63) is 11.3 Å². The van der Waals surface area contributed by atoms with Crippen molar-refractivity contribution in [1.82, 2.24) is 0 Å². The molecule has 0 saturated carbocycles. The van der Waals surface area contributed by atoms with Gasteiger partial charge in [0.25, 0.3) is 0 Å². The highest BCUT2D eigenvalue weighted by molar-refractivity contribution is 6.08. The van der Waals surface area contributed by atoms with Crippen LogP contribution in [0.15, 0.2) is 11.3 Å². The number of carbonyl (C=O) groups is 1. The van der Waals surface area contributed by atoms with Crippen LogP contribution in [0.2, 0.25) is 0 Å². The predicted octanol–water partition coefficient (Wildman–Crippen LogP) is 1.52. The van der Waals surface area contributed by atoms with Gasteiger partial charge in [-0.3, -0.25) is 4.79 Å². The fourth-order valence-corrected chi connectivity index (χ4v) is 1.49. The highest BCUT2D eigenvalue weighted by atomic mass is 16.5. The molecule has 10 heavy (non-hydrogen) atoms. The maximum Gasteiger partial charge on any atom is 0.175 e. The summed E-state index contributed by atoms with van der Waals surface area (Å²) in [5.41, 5.74) is 0.409. The molecule has 0 aliphatic heterocycles. The summed E-state index contributed by atoms with van der Waals surface area (Å²) in [4.78, 5) is 11.1. The maximum absolute atomic E-state index is 11.1. The summed E-state index contributed by atoms with van der Waals surface area (Å²) >= 11 is 0. The molecule has 0 aromatic carbocycles. The third-order valence-corrected chi connectivity index (χ3v) is 2.02. The zero-order chi connectivity index (χ0) is 7.94. The molecule has 1 rings (SSSR count). The summed E-state index contributed by atoms with van der Waals surface area (Å²) in [7, 11) is 1.60. The van der Waals surface area contributed by atoms with E-state index in [-0.39, 0.29) is 11.2 Å². The fraction of sp³-hybridized carbons (Fsp3) is 0.625. The Labute approximate surface area is 60.9 Å². The molecule has 0 fully saturated rings. The van der Waals surface area contributed by atoms with Crippen LogP contribution in [0.5, 0.6) is 0 Å². The molecule has 0 radical (unpaired) electrons. The van der Waals surface area contributed by atoms with E-state index >= 15 is 0 Å². The van der Waals surface area contributed by atoms with E-state index in [1.165, 1.54) is 0 Å². The van der Waals surface area contributed by atoms with Crippen LogP contribution in [0.3, 0.4) is 0 Å². The van der Waals surface area contributed by atoms with Crippen LogP contribution < -0.4 is 0 Å². The highest BCUT2D eigenvalue weighted by Crippen LogP contribution is 2.41. The minimum atomic E-state index is -0.362. The molecule has 1 aliphatic carbocycles. The quantitative estimate of drug-likeness (QED) is 0.552. The Morgan fingerprint density at radius 2 is 1.90 bits per heavy atom. The van der Waals surface area contributed by atoms with Crippen LogP contribution in [-0.4, -0.2) is 12.9 Å². The molecular weight excluding hydrogens is 128 g/mol. The number of Topliss-reactive ketones (excluding diaryl/α,β-unsaturated/α-hetero) is 1. The third kappa shape index (κ3) is 0.618. The number of rotatable bonds is 1. The first kappa shape index (κ1) is 7.32. The van der Waals surface area contributed by atoms with Crippen molar-refractivity contribution >= 4 is 5.78 Å². The lowest BCUT2D eigenvalue weighted by atomic mass is 9.71. The molecule has 2 heteroatoms. The van der Waals surface area contributed by atoms with E-state index in [1.807, 2.05) is 13.8 Å². The molecule has 1 aliphatic rings. The monoisotopic (exact) mass is 140 g/mol. The summed E-state index contributed by atoms with van der Waals surface area (Å²) in [5, 5.41) is 0. The summed E-state index contributed by atoms with van der Waals surface area (Å²) < 4.78 is 5.04. The van der Waals surface area contributed by atoms with Gasteiger partial charge < -0.3 is 4.74 Å². The maximum atomic E-state index is 11.1. The van der Waals surface area contributed by atoms with Crippen molar-refractivity contribution in [3.63, 3.8) is 0 Å². The SMILES string of the molecule is COC1=C(C)C(=O)C1(C)C.